The maximum Gasteiger partial charge on any atom is 0.229 e. The highest BCUT2D eigenvalue weighted by atomic mass is 79.9. The van der Waals surface area contributed by atoms with E-state index < -0.39 is 10.0 Å². The van der Waals surface area contributed by atoms with Gasteiger partial charge in [0.15, 0.2) is 5.11 Å². The first-order valence-electron chi connectivity index (χ1n) is 11.7. The minimum Gasteiger partial charge on any atom is -0.494 e. The number of hydrogen-bond donors (Lipinski definition) is 2. The molecule has 2 N–H and O–H groups in total. The number of hydrogen-bond acceptors (Lipinski definition) is 6. The Morgan fingerprint density at radius 2 is 1.95 bits per heavy atom. The zero-order valence-electron chi connectivity index (χ0n) is 20.8. The van der Waals surface area contributed by atoms with E-state index in [4.69, 9.17) is 21.4 Å². The number of rotatable bonds is 7. The highest BCUT2D eigenvalue weighted by molar-refractivity contribution is 9.10. The third-order valence-electron chi connectivity index (χ3n) is 6.17. The van der Waals surface area contributed by atoms with Crippen molar-refractivity contribution in [2.45, 2.75) is 19.0 Å². The molecular weight excluding hydrogens is 588 g/mol. The van der Waals surface area contributed by atoms with Gasteiger partial charge >= 0.3 is 0 Å². The number of anilines is 2. The molecule has 0 amide bonds. The van der Waals surface area contributed by atoms with Crippen LogP contribution in [0.15, 0.2) is 81.8 Å². The van der Waals surface area contributed by atoms with E-state index in [1.54, 1.807) is 24.4 Å². The second-order valence-electron chi connectivity index (χ2n) is 8.94. The van der Waals surface area contributed by atoms with Gasteiger partial charge in [0.25, 0.3) is 0 Å². The number of ether oxygens (including phenoxy) is 1. The third-order valence-corrected chi connectivity index (χ3v) is 7.73. The first-order chi connectivity index (χ1) is 18.1. The molecule has 0 spiro atoms. The number of nitrogens with one attached hydrogen (secondary N) is 2. The first-order valence-corrected chi connectivity index (χ1v) is 14.8. The Kier molecular flexibility index (Phi) is 7.17. The van der Waals surface area contributed by atoms with E-state index >= 15 is 0 Å². The average Bonchev–Trinajstić information content (AvgIpc) is 3.48. The number of thiocarbonyl (C=S) groups is 1. The highest BCUT2D eigenvalue weighted by Crippen LogP contribution is 2.45. The lowest BCUT2D eigenvalue weighted by molar-refractivity contribution is 0.416. The van der Waals surface area contributed by atoms with Crippen molar-refractivity contribution in [2.24, 2.45) is 0 Å². The fraction of sp³-hybridized carbons (Fsp3) is 0.185. The molecule has 4 aromatic rings. The fourth-order valence-corrected chi connectivity index (χ4v) is 6.11. The number of furan rings is 1. The van der Waals surface area contributed by atoms with Crippen molar-refractivity contribution in [3.63, 3.8) is 0 Å². The van der Waals surface area contributed by atoms with Crippen LogP contribution in [-0.4, -0.2) is 31.9 Å². The van der Waals surface area contributed by atoms with Crippen LogP contribution in [0.5, 0.6) is 5.75 Å². The molecule has 1 aliphatic rings. The summed E-state index contributed by atoms with van der Waals surface area (Å²) in [5.41, 5.74) is 3.92. The topological polar surface area (TPSA) is 96.7 Å². The van der Waals surface area contributed by atoms with Crippen LogP contribution in [0, 0.1) is 6.92 Å². The molecule has 38 heavy (non-hydrogen) atoms. The molecule has 196 valence electrons. The molecule has 0 bridgehead atoms. The van der Waals surface area contributed by atoms with Gasteiger partial charge < -0.3 is 19.4 Å². The Hall–Kier alpha value is -3.41. The van der Waals surface area contributed by atoms with Crippen LogP contribution in [0.25, 0.3) is 11.3 Å². The predicted molar refractivity (Wildman–Crippen MR) is 156 cm³/mol. The SMILES string of the molecule is COc1cc(N2C(=S)N[C@@H](c3ccccn3)[C@@H]2c2ccc(-c3ccc(C)cc3Br)o2)ccc1NS(C)(=O)=O. The van der Waals surface area contributed by atoms with Gasteiger partial charge in [0.05, 0.1) is 30.8 Å². The maximum absolute atomic E-state index is 11.8. The van der Waals surface area contributed by atoms with Gasteiger partial charge in [0.1, 0.15) is 23.3 Å². The largest absolute Gasteiger partial charge is 0.494 e. The smallest absolute Gasteiger partial charge is 0.229 e. The zero-order chi connectivity index (χ0) is 27.0. The van der Waals surface area contributed by atoms with E-state index in [9.17, 15) is 8.42 Å². The second-order valence-corrected chi connectivity index (χ2v) is 11.9. The van der Waals surface area contributed by atoms with Crippen molar-refractivity contribution in [2.75, 3.05) is 23.0 Å². The summed E-state index contributed by atoms with van der Waals surface area (Å²) in [4.78, 5) is 6.52. The summed E-state index contributed by atoms with van der Waals surface area (Å²) in [5, 5.41) is 3.88. The Balaban J connectivity index is 1.60. The predicted octanol–water partition coefficient (Wildman–Crippen LogP) is 5.97. The van der Waals surface area contributed by atoms with Gasteiger partial charge in [-0.25, -0.2) is 8.42 Å². The number of aromatic nitrogens is 1. The molecule has 1 fully saturated rings. The van der Waals surface area contributed by atoms with Crippen LogP contribution >= 0.6 is 28.1 Å². The maximum atomic E-state index is 11.8. The van der Waals surface area contributed by atoms with E-state index in [2.05, 4.69) is 31.0 Å². The molecule has 1 aliphatic heterocycles. The van der Waals surface area contributed by atoms with Crippen LogP contribution in [0.2, 0.25) is 0 Å². The van der Waals surface area contributed by atoms with Crippen LogP contribution in [0.3, 0.4) is 0 Å². The molecule has 0 radical (unpaired) electrons. The lowest BCUT2D eigenvalue weighted by atomic mass is 10.0. The molecule has 8 nitrogen and oxygen atoms in total. The van der Waals surface area contributed by atoms with E-state index in [1.807, 2.05) is 60.4 Å². The van der Waals surface area contributed by atoms with Crippen molar-refractivity contribution in [3.05, 3.63) is 94.4 Å². The van der Waals surface area contributed by atoms with Gasteiger partial charge in [-0.1, -0.05) is 28.1 Å². The Morgan fingerprint density at radius 3 is 2.63 bits per heavy atom. The summed E-state index contributed by atoms with van der Waals surface area (Å²) in [7, 11) is -2.00. The van der Waals surface area contributed by atoms with Crippen molar-refractivity contribution < 1.29 is 17.6 Å². The van der Waals surface area contributed by atoms with Gasteiger partial charge in [-0.2, -0.15) is 0 Å². The minimum atomic E-state index is -3.49. The zero-order valence-corrected chi connectivity index (χ0v) is 24.0. The van der Waals surface area contributed by atoms with Gasteiger partial charge in [0, 0.05) is 28.0 Å². The van der Waals surface area contributed by atoms with Gasteiger partial charge in [-0.3, -0.25) is 9.71 Å². The molecular formula is C27H25BrN4O4S2. The molecule has 2 aromatic carbocycles. The molecule has 0 aliphatic carbocycles. The molecule has 11 heteroatoms. The van der Waals surface area contributed by atoms with E-state index in [0.29, 0.717) is 28.0 Å². The van der Waals surface area contributed by atoms with Gasteiger partial charge in [-0.15, -0.1) is 0 Å². The number of benzene rings is 2. The summed E-state index contributed by atoms with van der Waals surface area (Å²) < 4.78 is 39.0. The Morgan fingerprint density at radius 1 is 1.13 bits per heavy atom. The number of aryl methyl sites for hydroxylation is 1. The molecule has 2 aromatic heterocycles. The van der Waals surface area contributed by atoms with Crippen LogP contribution in [0.1, 0.15) is 29.1 Å². The third kappa shape index (κ3) is 5.27. The molecule has 5 rings (SSSR count). The minimum absolute atomic E-state index is 0.302. The summed E-state index contributed by atoms with van der Waals surface area (Å²) in [6.45, 7) is 2.04. The lowest BCUT2D eigenvalue weighted by Crippen LogP contribution is -2.29. The summed E-state index contributed by atoms with van der Waals surface area (Å²) in [6.07, 6.45) is 2.83. The van der Waals surface area contributed by atoms with Crippen molar-refractivity contribution >= 4 is 54.7 Å². The van der Waals surface area contributed by atoms with Gasteiger partial charge in [0.2, 0.25) is 10.0 Å². The molecule has 3 heterocycles. The van der Waals surface area contributed by atoms with E-state index in [1.165, 1.54) is 7.11 Å². The lowest BCUT2D eigenvalue weighted by Gasteiger charge is -2.27. The van der Waals surface area contributed by atoms with Gasteiger partial charge in [-0.05, 0) is 73.2 Å². The number of pyridine rings is 1. The van der Waals surface area contributed by atoms with E-state index in [-0.39, 0.29) is 12.1 Å². The molecule has 0 unspecified atom stereocenters. The number of sulfonamides is 1. The van der Waals surface area contributed by atoms with Crippen molar-refractivity contribution in [3.8, 4) is 17.1 Å². The number of methoxy groups -OCH3 is 1. The highest BCUT2D eigenvalue weighted by Gasteiger charge is 2.43. The number of nitrogens with zero attached hydrogens (tertiary/aromatic N) is 2. The summed E-state index contributed by atoms with van der Waals surface area (Å²) >= 11 is 9.45. The monoisotopic (exact) mass is 612 g/mol. The summed E-state index contributed by atoms with van der Waals surface area (Å²) in [5.74, 6) is 1.77. The Labute approximate surface area is 235 Å². The molecule has 2 atom stereocenters. The summed E-state index contributed by atoms with van der Waals surface area (Å²) in [6, 6.07) is 20.2. The molecule has 1 saturated heterocycles. The first kappa shape index (κ1) is 26.2. The standard InChI is InChI=1S/C27H25BrN4O4S2/c1-16-7-9-18(19(28)14-16)22-11-12-23(36-22)26-25(21-6-4-5-13-29-21)30-27(37)32(26)17-8-10-20(24(15-17)35-2)31-38(3,33)34/h4-15,25-26,31H,1-3H3,(H,30,37)/t25-,26-/m0/s1. The molecule has 0 saturated carbocycles. The van der Waals surface area contributed by atoms with Crippen LogP contribution in [0.4, 0.5) is 11.4 Å². The average molecular weight is 614 g/mol. The van der Waals surface area contributed by atoms with Crippen LogP contribution in [-0.2, 0) is 10.0 Å². The van der Waals surface area contributed by atoms with Crippen molar-refractivity contribution in [1.82, 2.24) is 10.3 Å². The second kappa shape index (κ2) is 10.4. The normalized spacial score (nSPS) is 17.4. The van der Waals surface area contributed by atoms with Crippen molar-refractivity contribution in [1.29, 1.82) is 0 Å². The number of halogens is 1. The van der Waals surface area contributed by atoms with E-state index in [0.717, 1.165) is 33.3 Å². The fourth-order valence-electron chi connectivity index (χ4n) is 4.51. The quantitative estimate of drug-likeness (QED) is 0.246. The Bertz CT molecular complexity index is 1610. The van der Waals surface area contributed by atoms with Crippen LogP contribution < -0.4 is 19.7 Å².